The summed E-state index contributed by atoms with van der Waals surface area (Å²) >= 11 is 0. The standard InChI is InChI=1S/C15H26N2O2/c1-6-12(4)15(5,19)10-16-14(18)13-8-7-9-17(13)11(2)3/h7-9,11-12,19H,6,10H2,1-5H3,(H,16,18). The third kappa shape index (κ3) is 3.83. The van der Waals surface area contributed by atoms with Crippen molar-refractivity contribution in [2.75, 3.05) is 6.54 Å². The van der Waals surface area contributed by atoms with Crippen LogP contribution in [0.5, 0.6) is 0 Å². The lowest BCUT2D eigenvalue weighted by atomic mass is 9.88. The van der Waals surface area contributed by atoms with Crippen LogP contribution in [0.4, 0.5) is 0 Å². The van der Waals surface area contributed by atoms with Crippen LogP contribution in [0.25, 0.3) is 0 Å². The molecule has 0 spiro atoms. The maximum Gasteiger partial charge on any atom is 0.268 e. The van der Waals surface area contributed by atoms with E-state index in [0.29, 0.717) is 5.69 Å². The first kappa shape index (κ1) is 15.8. The highest BCUT2D eigenvalue weighted by Crippen LogP contribution is 2.19. The van der Waals surface area contributed by atoms with E-state index in [9.17, 15) is 9.90 Å². The predicted octanol–water partition coefficient (Wildman–Crippen LogP) is 2.60. The van der Waals surface area contributed by atoms with Gasteiger partial charge in [-0.2, -0.15) is 0 Å². The minimum Gasteiger partial charge on any atom is -0.388 e. The van der Waals surface area contributed by atoms with Crippen LogP contribution in [0.15, 0.2) is 18.3 Å². The predicted molar refractivity (Wildman–Crippen MR) is 77.2 cm³/mol. The largest absolute Gasteiger partial charge is 0.388 e. The van der Waals surface area contributed by atoms with Crippen LogP contribution >= 0.6 is 0 Å². The molecule has 0 radical (unpaired) electrons. The van der Waals surface area contributed by atoms with Crippen LogP contribution in [0.2, 0.25) is 0 Å². The minimum atomic E-state index is -0.875. The van der Waals surface area contributed by atoms with Gasteiger partial charge in [-0.05, 0) is 38.8 Å². The molecule has 0 aliphatic carbocycles. The van der Waals surface area contributed by atoms with Gasteiger partial charge >= 0.3 is 0 Å². The lowest BCUT2D eigenvalue weighted by molar-refractivity contribution is 0.00583. The van der Waals surface area contributed by atoms with E-state index in [1.165, 1.54) is 0 Å². The van der Waals surface area contributed by atoms with E-state index in [2.05, 4.69) is 5.32 Å². The average Bonchev–Trinajstić information content (AvgIpc) is 2.84. The van der Waals surface area contributed by atoms with Crippen molar-refractivity contribution in [2.45, 2.75) is 52.7 Å². The van der Waals surface area contributed by atoms with Gasteiger partial charge in [-0.15, -0.1) is 0 Å². The second kappa shape index (κ2) is 6.24. The van der Waals surface area contributed by atoms with Crippen LogP contribution < -0.4 is 5.32 Å². The van der Waals surface area contributed by atoms with Crippen molar-refractivity contribution in [3.05, 3.63) is 24.0 Å². The van der Waals surface area contributed by atoms with Crippen molar-refractivity contribution in [3.63, 3.8) is 0 Å². The van der Waals surface area contributed by atoms with Gasteiger partial charge in [0.05, 0.1) is 5.60 Å². The Morgan fingerprint density at radius 2 is 2.11 bits per heavy atom. The molecule has 4 heteroatoms. The Labute approximate surface area is 115 Å². The number of nitrogens with one attached hydrogen (secondary N) is 1. The van der Waals surface area contributed by atoms with Crippen LogP contribution in [0, 0.1) is 5.92 Å². The highest BCUT2D eigenvalue weighted by molar-refractivity contribution is 5.92. The molecule has 2 unspecified atom stereocenters. The monoisotopic (exact) mass is 266 g/mol. The molecule has 0 fully saturated rings. The molecule has 19 heavy (non-hydrogen) atoms. The number of carbonyl (C=O) groups is 1. The molecule has 1 aromatic rings. The zero-order chi connectivity index (χ0) is 14.6. The molecular weight excluding hydrogens is 240 g/mol. The van der Waals surface area contributed by atoms with Crippen LogP contribution in [-0.4, -0.2) is 27.7 Å². The van der Waals surface area contributed by atoms with Crippen molar-refractivity contribution >= 4 is 5.91 Å². The molecule has 0 aromatic carbocycles. The van der Waals surface area contributed by atoms with Gasteiger partial charge in [0.25, 0.3) is 5.91 Å². The molecule has 1 aromatic heterocycles. The molecule has 1 heterocycles. The van der Waals surface area contributed by atoms with Crippen molar-refractivity contribution in [3.8, 4) is 0 Å². The fourth-order valence-corrected chi connectivity index (χ4v) is 2.00. The Morgan fingerprint density at radius 1 is 1.47 bits per heavy atom. The number of nitrogens with zero attached hydrogens (tertiary/aromatic N) is 1. The van der Waals surface area contributed by atoms with E-state index < -0.39 is 5.60 Å². The fraction of sp³-hybridized carbons (Fsp3) is 0.667. The molecule has 0 aliphatic heterocycles. The lowest BCUT2D eigenvalue weighted by Crippen LogP contribution is -2.45. The van der Waals surface area contributed by atoms with E-state index in [1.807, 2.05) is 44.5 Å². The summed E-state index contributed by atoms with van der Waals surface area (Å²) in [5.41, 5.74) is -0.241. The van der Waals surface area contributed by atoms with E-state index in [1.54, 1.807) is 13.0 Å². The Hall–Kier alpha value is -1.29. The van der Waals surface area contributed by atoms with Crippen LogP contribution in [0.1, 0.15) is 57.6 Å². The third-order valence-corrected chi connectivity index (χ3v) is 3.85. The highest BCUT2D eigenvalue weighted by atomic mass is 16.3. The van der Waals surface area contributed by atoms with E-state index >= 15 is 0 Å². The van der Waals surface area contributed by atoms with Crippen molar-refractivity contribution in [2.24, 2.45) is 5.92 Å². The SMILES string of the molecule is CCC(C)C(C)(O)CNC(=O)c1cccn1C(C)C. The third-order valence-electron chi connectivity index (χ3n) is 3.85. The molecule has 4 nitrogen and oxygen atoms in total. The summed E-state index contributed by atoms with van der Waals surface area (Å²) in [6.07, 6.45) is 2.78. The quantitative estimate of drug-likeness (QED) is 0.831. The molecule has 0 bridgehead atoms. The second-order valence-electron chi connectivity index (χ2n) is 5.74. The normalized spacial score (nSPS) is 16.2. The number of hydrogen-bond donors (Lipinski definition) is 2. The molecule has 1 amide bonds. The molecular formula is C15H26N2O2. The molecule has 0 aliphatic rings. The van der Waals surface area contributed by atoms with E-state index in [4.69, 9.17) is 0 Å². The Morgan fingerprint density at radius 3 is 2.63 bits per heavy atom. The van der Waals surface area contributed by atoms with Gasteiger partial charge < -0.3 is 15.0 Å². The first-order valence-corrected chi connectivity index (χ1v) is 6.97. The van der Waals surface area contributed by atoms with Gasteiger partial charge in [0.1, 0.15) is 5.69 Å². The topological polar surface area (TPSA) is 54.3 Å². The van der Waals surface area contributed by atoms with E-state index in [0.717, 1.165) is 6.42 Å². The summed E-state index contributed by atoms with van der Waals surface area (Å²) in [5, 5.41) is 13.1. The first-order chi connectivity index (χ1) is 8.79. The lowest BCUT2D eigenvalue weighted by Gasteiger charge is -2.29. The number of rotatable bonds is 6. The Bertz CT molecular complexity index is 422. The minimum absolute atomic E-state index is 0.137. The molecule has 0 saturated heterocycles. The molecule has 1 rings (SSSR count). The van der Waals surface area contributed by atoms with Crippen molar-refractivity contribution in [1.29, 1.82) is 0 Å². The second-order valence-corrected chi connectivity index (χ2v) is 5.74. The molecule has 2 atom stereocenters. The zero-order valence-electron chi connectivity index (χ0n) is 12.6. The number of aliphatic hydroxyl groups is 1. The molecule has 0 saturated carbocycles. The maximum absolute atomic E-state index is 12.1. The molecule has 2 N–H and O–H groups in total. The number of hydrogen-bond acceptors (Lipinski definition) is 2. The smallest absolute Gasteiger partial charge is 0.268 e. The average molecular weight is 266 g/mol. The zero-order valence-corrected chi connectivity index (χ0v) is 12.6. The number of carbonyl (C=O) groups excluding carboxylic acids is 1. The maximum atomic E-state index is 12.1. The van der Waals surface area contributed by atoms with Crippen LogP contribution in [0.3, 0.4) is 0 Å². The van der Waals surface area contributed by atoms with Gasteiger partial charge in [-0.1, -0.05) is 20.3 Å². The van der Waals surface area contributed by atoms with Gasteiger partial charge in [0.15, 0.2) is 0 Å². The number of aromatic nitrogens is 1. The van der Waals surface area contributed by atoms with Gasteiger partial charge in [-0.3, -0.25) is 4.79 Å². The summed E-state index contributed by atoms with van der Waals surface area (Å²) in [7, 11) is 0. The number of amides is 1. The summed E-state index contributed by atoms with van der Waals surface area (Å²) in [6.45, 7) is 10.1. The Kier molecular flexibility index (Phi) is 5.18. The van der Waals surface area contributed by atoms with Gasteiger partial charge in [-0.25, -0.2) is 0 Å². The van der Waals surface area contributed by atoms with Gasteiger partial charge in [0, 0.05) is 18.8 Å². The summed E-state index contributed by atoms with van der Waals surface area (Å²) < 4.78 is 1.92. The van der Waals surface area contributed by atoms with Crippen molar-refractivity contribution in [1.82, 2.24) is 9.88 Å². The molecule has 108 valence electrons. The fourth-order valence-electron chi connectivity index (χ4n) is 2.00. The Balaban J connectivity index is 2.68. The highest BCUT2D eigenvalue weighted by Gasteiger charge is 2.28. The summed E-state index contributed by atoms with van der Waals surface area (Å²) in [6, 6.07) is 3.90. The first-order valence-electron chi connectivity index (χ1n) is 6.97. The van der Waals surface area contributed by atoms with Gasteiger partial charge in [0.2, 0.25) is 0 Å². The van der Waals surface area contributed by atoms with E-state index in [-0.39, 0.29) is 24.4 Å². The summed E-state index contributed by atoms with van der Waals surface area (Å²) in [4.78, 5) is 12.1. The summed E-state index contributed by atoms with van der Waals surface area (Å²) in [5.74, 6) is 0.00645. The van der Waals surface area contributed by atoms with Crippen LogP contribution in [-0.2, 0) is 0 Å². The van der Waals surface area contributed by atoms with Crippen molar-refractivity contribution < 1.29 is 9.90 Å².